The number of nitrogen functional groups attached to an aromatic ring is 1. The molecule has 19 heavy (non-hydrogen) atoms. The summed E-state index contributed by atoms with van der Waals surface area (Å²) in [5.74, 6) is 2.40. The summed E-state index contributed by atoms with van der Waals surface area (Å²) < 4.78 is 5.65. The van der Waals surface area contributed by atoms with Crippen LogP contribution in [0.5, 0.6) is 5.75 Å². The van der Waals surface area contributed by atoms with Gasteiger partial charge in [0.25, 0.3) is 0 Å². The molecular weight excluding hydrogens is 236 g/mol. The molecule has 3 heteroatoms. The van der Waals surface area contributed by atoms with Crippen LogP contribution >= 0.6 is 0 Å². The van der Waals surface area contributed by atoms with Gasteiger partial charge in [0.2, 0.25) is 0 Å². The summed E-state index contributed by atoms with van der Waals surface area (Å²) in [5, 5.41) is 3.50. The highest BCUT2D eigenvalue weighted by Crippen LogP contribution is 2.33. The van der Waals surface area contributed by atoms with Gasteiger partial charge in [-0.05, 0) is 36.8 Å². The normalized spacial score (nSPS) is 22.4. The predicted octanol–water partition coefficient (Wildman–Crippen LogP) is 3.91. The lowest BCUT2D eigenvalue weighted by molar-refractivity contribution is 0.319. The van der Waals surface area contributed by atoms with Crippen molar-refractivity contribution < 1.29 is 4.74 Å². The maximum absolute atomic E-state index is 6.16. The van der Waals surface area contributed by atoms with Crippen LogP contribution in [0.2, 0.25) is 0 Å². The van der Waals surface area contributed by atoms with E-state index < -0.39 is 0 Å². The first-order valence-electron chi connectivity index (χ1n) is 7.47. The van der Waals surface area contributed by atoms with E-state index >= 15 is 0 Å². The maximum Gasteiger partial charge on any atom is 0.144 e. The summed E-state index contributed by atoms with van der Waals surface area (Å²) in [5.41, 5.74) is 7.90. The fourth-order valence-corrected chi connectivity index (χ4v) is 2.80. The number of rotatable bonds is 6. The second-order valence-corrected chi connectivity index (χ2v) is 5.62. The topological polar surface area (TPSA) is 47.3 Å². The lowest BCUT2D eigenvalue weighted by atomic mass is 9.98. The van der Waals surface area contributed by atoms with Gasteiger partial charge in [0.15, 0.2) is 0 Å². The van der Waals surface area contributed by atoms with E-state index in [9.17, 15) is 0 Å². The number of benzene rings is 1. The molecule has 2 unspecified atom stereocenters. The van der Waals surface area contributed by atoms with Crippen LogP contribution in [0.25, 0.3) is 0 Å². The van der Waals surface area contributed by atoms with E-state index in [0.717, 1.165) is 41.9 Å². The summed E-state index contributed by atoms with van der Waals surface area (Å²) in [6, 6.07) is 5.98. The Morgan fingerprint density at radius 3 is 2.89 bits per heavy atom. The highest BCUT2D eigenvalue weighted by molar-refractivity contribution is 5.72. The molecule has 1 aromatic carbocycles. The number of hydrogen-bond donors (Lipinski definition) is 2. The van der Waals surface area contributed by atoms with Crippen molar-refractivity contribution in [3.63, 3.8) is 0 Å². The van der Waals surface area contributed by atoms with Crippen LogP contribution in [0.3, 0.4) is 0 Å². The number of nitrogens with two attached hydrogens (primary N) is 1. The second kappa shape index (κ2) is 6.69. The molecule has 0 heterocycles. The van der Waals surface area contributed by atoms with E-state index in [-0.39, 0.29) is 0 Å². The van der Waals surface area contributed by atoms with Gasteiger partial charge in [-0.3, -0.25) is 0 Å². The third kappa shape index (κ3) is 3.55. The van der Waals surface area contributed by atoms with E-state index in [1.165, 1.54) is 19.3 Å². The molecule has 1 saturated carbocycles. The molecule has 1 aliphatic carbocycles. The Labute approximate surface area is 116 Å². The Kier molecular flexibility index (Phi) is 4.94. The molecule has 0 radical (unpaired) electrons. The van der Waals surface area contributed by atoms with Gasteiger partial charge >= 0.3 is 0 Å². The molecule has 0 amide bonds. The van der Waals surface area contributed by atoms with Gasteiger partial charge in [-0.25, -0.2) is 0 Å². The zero-order valence-corrected chi connectivity index (χ0v) is 12.1. The molecule has 0 aliphatic heterocycles. The number of para-hydroxylation sites is 1. The predicted molar refractivity (Wildman–Crippen MR) is 81.6 cm³/mol. The Morgan fingerprint density at radius 2 is 2.21 bits per heavy atom. The fraction of sp³-hybridized carbons (Fsp3) is 0.625. The number of anilines is 2. The minimum Gasteiger partial charge on any atom is -0.491 e. The third-order valence-electron chi connectivity index (χ3n) is 4.12. The lowest BCUT2D eigenvalue weighted by Crippen LogP contribution is -2.17. The van der Waals surface area contributed by atoms with Crippen molar-refractivity contribution in [3.8, 4) is 5.75 Å². The van der Waals surface area contributed by atoms with Crippen molar-refractivity contribution in [2.45, 2.75) is 39.5 Å². The van der Waals surface area contributed by atoms with Crippen molar-refractivity contribution in [2.24, 2.45) is 11.8 Å². The van der Waals surface area contributed by atoms with Crippen LogP contribution in [0, 0.1) is 11.8 Å². The molecule has 2 rings (SSSR count). The third-order valence-corrected chi connectivity index (χ3v) is 4.12. The Bertz CT molecular complexity index is 406. The van der Waals surface area contributed by atoms with Gasteiger partial charge < -0.3 is 15.8 Å². The van der Waals surface area contributed by atoms with Gasteiger partial charge in [0, 0.05) is 6.54 Å². The summed E-state index contributed by atoms with van der Waals surface area (Å²) in [7, 11) is 0. The first-order chi connectivity index (χ1) is 9.22. The zero-order chi connectivity index (χ0) is 13.7. The number of ether oxygens (including phenoxy) is 1. The smallest absolute Gasteiger partial charge is 0.144 e. The van der Waals surface area contributed by atoms with E-state index in [1.54, 1.807) is 0 Å². The van der Waals surface area contributed by atoms with Crippen LogP contribution in [-0.2, 0) is 0 Å². The van der Waals surface area contributed by atoms with E-state index in [1.807, 2.05) is 18.2 Å². The van der Waals surface area contributed by atoms with Crippen molar-refractivity contribution in [2.75, 3.05) is 24.2 Å². The quantitative estimate of drug-likeness (QED) is 0.764. The van der Waals surface area contributed by atoms with Gasteiger partial charge in [-0.15, -0.1) is 0 Å². The van der Waals surface area contributed by atoms with E-state index in [2.05, 4.69) is 19.2 Å². The number of hydrogen-bond acceptors (Lipinski definition) is 3. The van der Waals surface area contributed by atoms with Crippen LogP contribution in [-0.4, -0.2) is 13.2 Å². The molecule has 0 aromatic heterocycles. The summed E-state index contributed by atoms with van der Waals surface area (Å²) >= 11 is 0. The Balaban J connectivity index is 1.96. The van der Waals surface area contributed by atoms with Crippen molar-refractivity contribution in [1.82, 2.24) is 0 Å². The maximum atomic E-state index is 6.16. The molecule has 106 valence electrons. The van der Waals surface area contributed by atoms with Gasteiger partial charge in [0.05, 0.1) is 18.0 Å². The molecule has 0 saturated heterocycles. The van der Waals surface area contributed by atoms with Crippen molar-refractivity contribution in [3.05, 3.63) is 18.2 Å². The Morgan fingerprint density at radius 1 is 1.37 bits per heavy atom. The molecule has 1 aliphatic rings. The minimum absolute atomic E-state index is 0.716. The van der Waals surface area contributed by atoms with Crippen LogP contribution < -0.4 is 15.8 Å². The molecule has 1 aromatic rings. The largest absolute Gasteiger partial charge is 0.491 e. The fourth-order valence-electron chi connectivity index (χ4n) is 2.80. The highest BCUT2D eigenvalue weighted by Gasteiger charge is 2.23. The van der Waals surface area contributed by atoms with Crippen LogP contribution in [0.4, 0.5) is 11.4 Å². The summed E-state index contributed by atoms with van der Waals surface area (Å²) in [6.45, 7) is 6.18. The molecule has 0 spiro atoms. The summed E-state index contributed by atoms with van der Waals surface area (Å²) in [4.78, 5) is 0. The van der Waals surface area contributed by atoms with E-state index in [4.69, 9.17) is 10.5 Å². The molecule has 1 fully saturated rings. The van der Waals surface area contributed by atoms with Crippen LogP contribution in [0.1, 0.15) is 39.5 Å². The van der Waals surface area contributed by atoms with Gasteiger partial charge in [0.1, 0.15) is 5.75 Å². The Hall–Kier alpha value is -1.38. The SMILES string of the molecule is CCCOc1cccc(NCC2CCCC2C)c1N. The lowest BCUT2D eigenvalue weighted by Gasteiger charge is -2.18. The molecule has 2 atom stereocenters. The molecule has 3 N–H and O–H groups in total. The first kappa shape index (κ1) is 14.0. The standard InChI is InChI=1S/C16H26N2O/c1-3-10-19-15-9-5-8-14(16(15)17)18-11-13-7-4-6-12(13)2/h5,8-9,12-13,18H,3-4,6-7,10-11,17H2,1-2H3. The average molecular weight is 262 g/mol. The summed E-state index contributed by atoms with van der Waals surface area (Å²) in [6.07, 6.45) is 5.06. The second-order valence-electron chi connectivity index (χ2n) is 5.62. The van der Waals surface area contributed by atoms with Gasteiger partial charge in [-0.2, -0.15) is 0 Å². The molecule has 3 nitrogen and oxygen atoms in total. The molecule has 0 bridgehead atoms. The van der Waals surface area contributed by atoms with Crippen LogP contribution in [0.15, 0.2) is 18.2 Å². The van der Waals surface area contributed by atoms with E-state index in [0.29, 0.717) is 6.61 Å². The highest BCUT2D eigenvalue weighted by atomic mass is 16.5. The van der Waals surface area contributed by atoms with Gasteiger partial charge in [-0.1, -0.05) is 32.8 Å². The average Bonchev–Trinajstić information content (AvgIpc) is 2.82. The van der Waals surface area contributed by atoms with Crippen molar-refractivity contribution in [1.29, 1.82) is 0 Å². The zero-order valence-electron chi connectivity index (χ0n) is 12.1. The molecular formula is C16H26N2O. The minimum atomic E-state index is 0.716. The number of nitrogens with one attached hydrogen (secondary N) is 1. The van der Waals surface area contributed by atoms with Crippen molar-refractivity contribution >= 4 is 11.4 Å². The first-order valence-corrected chi connectivity index (χ1v) is 7.47. The monoisotopic (exact) mass is 262 g/mol.